The Morgan fingerprint density at radius 2 is 1.92 bits per heavy atom. The average molecular weight is 507 g/mol. The predicted octanol–water partition coefficient (Wildman–Crippen LogP) is 3.40. The van der Waals surface area contributed by atoms with E-state index >= 15 is 4.39 Å². The number of benzene rings is 1. The molecular formula is C30H35FN2O4. The van der Waals surface area contributed by atoms with E-state index in [1.54, 1.807) is 6.20 Å². The van der Waals surface area contributed by atoms with E-state index in [0.717, 1.165) is 22.9 Å². The molecule has 5 aliphatic rings. The third-order valence-electron chi connectivity index (χ3n) is 10.7. The predicted molar refractivity (Wildman–Crippen MR) is 138 cm³/mol. The number of fused-ring (bicyclic) bond motifs is 2. The zero-order chi connectivity index (χ0) is 26.0. The normalized spacial score (nSPS) is 46.3. The van der Waals surface area contributed by atoms with E-state index in [0.29, 0.717) is 24.8 Å². The number of allylic oxidation sites excluding steroid dienone is 3. The maximum atomic E-state index is 17.0. The minimum absolute atomic E-state index is 0.0416. The van der Waals surface area contributed by atoms with Gasteiger partial charge in [-0.1, -0.05) is 31.2 Å². The molecule has 3 aliphatic carbocycles. The van der Waals surface area contributed by atoms with Crippen LogP contribution in [0.1, 0.15) is 44.6 Å². The summed E-state index contributed by atoms with van der Waals surface area (Å²) in [7, 11) is 3.64. The van der Waals surface area contributed by atoms with E-state index < -0.39 is 41.2 Å². The van der Waals surface area contributed by atoms with E-state index in [1.807, 2.05) is 31.1 Å². The van der Waals surface area contributed by atoms with Crippen molar-refractivity contribution in [2.24, 2.45) is 11.3 Å². The van der Waals surface area contributed by atoms with Crippen LogP contribution in [0.5, 0.6) is 0 Å². The quantitative estimate of drug-likeness (QED) is 0.542. The summed E-state index contributed by atoms with van der Waals surface area (Å²) in [6.07, 6.45) is 4.14. The monoisotopic (exact) mass is 506 g/mol. The molecule has 7 rings (SSSR count). The molecule has 6 nitrogen and oxygen atoms in total. The van der Waals surface area contributed by atoms with E-state index in [9.17, 15) is 15.3 Å². The van der Waals surface area contributed by atoms with Crippen LogP contribution in [-0.2, 0) is 4.74 Å². The van der Waals surface area contributed by atoms with Crippen LogP contribution in [0, 0.1) is 11.3 Å². The molecule has 3 N–H and O–H groups in total. The van der Waals surface area contributed by atoms with Crippen LogP contribution < -0.4 is 0 Å². The number of aromatic nitrogens is 1. The lowest BCUT2D eigenvalue weighted by Gasteiger charge is -2.62. The molecule has 0 radical (unpaired) electrons. The van der Waals surface area contributed by atoms with Crippen LogP contribution in [0.25, 0.3) is 16.5 Å². The highest BCUT2D eigenvalue weighted by Gasteiger charge is 2.79. The van der Waals surface area contributed by atoms with Crippen LogP contribution in [0.2, 0.25) is 0 Å². The van der Waals surface area contributed by atoms with Crippen molar-refractivity contribution in [3.63, 3.8) is 0 Å². The summed E-state index contributed by atoms with van der Waals surface area (Å²) in [5.74, 6) is 0.0416. The Balaban J connectivity index is 1.32. The van der Waals surface area contributed by atoms with Gasteiger partial charge in [-0.15, -0.1) is 0 Å². The third kappa shape index (κ3) is 2.74. The van der Waals surface area contributed by atoms with Gasteiger partial charge in [-0.3, -0.25) is 4.98 Å². The summed E-state index contributed by atoms with van der Waals surface area (Å²) < 4.78 is 23.9. The highest BCUT2D eigenvalue weighted by Crippen LogP contribution is 2.70. The summed E-state index contributed by atoms with van der Waals surface area (Å²) in [6, 6.07) is 9.94. The fraction of sp³-hybridized carbons (Fsp3) is 0.567. The number of pyridine rings is 1. The first-order chi connectivity index (χ1) is 17.6. The highest BCUT2D eigenvalue weighted by atomic mass is 19.1. The first-order valence-corrected chi connectivity index (χ1v) is 13.4. The summed E-state index contributed by atoms with van der Waals surface area (Å²) in [6.45, 7) is 2.27. The van der Waals surface area contributed by atoms with Crippen LogP contribution >= 0.6 is 0 Å². The smallest absolute Gasteiger partial charge is 0.197 e. The third-order valence-corrected chi connectivity index (χ3v) is 10.7. The van der Waals surface area contributed by atoms with Crippen molar-refractivity contribution in [3.05, 3.63) is 59.8 Å². The van der Waals surface area contributed by atoms with Crippen LogP contribution in [-0.4, -0.2) is 80.5 Å². The van der Waals surface area contributed by atoms with E-state index in [4.69, 9.17) is 4.74 Å². The van der Waals surface area contributed by atoms with Gasteiger partial charge in [0.05, 0.1) is 17.2 Å². The molecule has 0 amide bonds. The Morgan fingerprint density at radius 3 is 2.70 bits per heavy atom. The van der Waals surface area contributed by atoms with Crippen molar-refractivity contribution in [3.8, 4) is 0 Å². The van der Waals surface area contributed by atoms with E-state index in [1.165, 1.54) is 5.57 Å². The van der Waals surface area contributed by atoms with Gasteiger partial charge in [0, 0.05) is 29.0 Å². The largest absolute Gasteiger partial charge is 0.389 e. The van der Waals surface area contributed by atoms with Gasteiger partial charge in [0.1, 0.15) is 17.8 Å². The second kappa shape index (κ2) is 7.48. The van der Waals surface area contributed by atoms with Gasteiger partial charge in [0.25, 0.3) is 0 Å². The second-order valence-corrected chi connectivity index (χ2v) is 12.4. The summed E-state index contributed by atoms with van der Waals surface area (Å²) in [5, 5.41) is 34.7. The van der Waals surface area contributed by atoms with Crippen LogP contribution in [0.15, 0.2) is 54.3 Å². The molecule has 1 aromatic carbocycles. The topological polar surface area (TPSA) is 86.1 Å². The molecule has 9 atom stereocenters. The van der Waals surface area contributed by atoms with Crippen molar-refractivity contribution in [2.75, 3.05) is 14.1 Å². The lowest BCUT2D eigenvalue weighted by Crippen LogP contribution is -2.78. The van der Waals surface area contributed by atoms with Gasteiger partial charge in [-0.25, -0.2) is 4.39 Å². The van der Waals surface area contributed by atoms with E-state index in [-0.39, 0.29) is 17.8 Å². The number of ether oxygens (including phenoxy) is 1. The van der Waals surface area contributed by atoms with Crippen molar-refractivity contribution in [1.82, 2.24) is 9.88 Å². The average Bonchev–Trinajstić information content (AvgIpc) is 3.42. The standard InChI is InChI=1S/C30H35FN2O4/c1-27-11-10-20-25(35)30(31)26(36)24(34)22(33(2)3)16-28(30)12-13-29(20,37-28)23(27)9-7-19(27)17-6-8-21-18(15-17)5-4-14-32-21/h4-8,10,14-15,22-26,34-36H,9,11-13,16H2,1-3H3. The molecule has 1 aromatic heterocycles. The fourth-order valence-corrected chi connectivity index (χ4v) is 8.77. The highest BCUT2D eigenvalue weighted by molar-refractivity contribution is 5.85. The molecule has 2 saturated heterocycles. The Kier molecular flexibility index (Phi) is 4.84. The molecule has 9 unspecified atom stereocenters. The first kappa shape index (κ1) is 23.9. The van der Waals surface area contributed by atoms with Gasteiger partial charge in [-0.2, -0.15) is 0 Å². The minimum atomic E-state index is -2.46. The number of aliphatic hydroxyl groups excluding tert-OH is 3. The lowest BCUT2D eigenvalue weighted by molar-refractivity contribution is -0.308. The maximum Gasteiger partial charge on any atom is 0.197 e. The second-order valence-electron chi connectivity index (χ2n) is 12.4. The minimum Gasteiger partial charge on any atom is -0.389 e. The Hall–Kier alpha value is -2.16. The molecule has 37 heavy (non-hydrogen) atoms. The zero-order valence-electron chi connectivity index (χ0n) is 21.6. The lowest BCUT2D eigenvalue weighted by atomic mass is 9.55. The molecule has 196 valence electrons. The molecule has 3 fully saturated rings. The van der Waals surface area contributed by atoms with E-state index in [2.05, 4.69) is 42.2 Å². The van der Waals surface area contributed by atoms with Crippen molar-refractivity contribution in [1.29, 1.82) is 0 Å². The molecule has 2 aromatic rings. The van der Waals surface area contributed by atoms with Gasteiger partial charge >= 0.3 is 0 Å². The molecule has 2 spiro atoms. The zero-order valence-corrected chi connectivity index (χ0v) is 21.6. The Morgan fingerprint density at radius 1 is 1.11 bits per heavy atom. The number of likely N-dealkylation sites (N-methyl/N-ethyl adjacent to an activating group) is 1. The van der Waals surface area contributed by atoms with Gasteiger partial charge in [0.15, 0.2) is 5.67 Å². The number of aliphatic hydroxyl groups is 3. The van der Waals surface area contributed by atoms with Crippen molar-refractivity contribution >= 4 is 16.5 Å². The fourth-order valence-electron chi connectivity index (χ4n) is 8.77. The van der Waals surface area contributed by atoms with Crippen molar-refractivity contribution < 1.29 is 24.4 Å². The van der Waals surface area contributed by atoms with Crippen LogP contribution in [0.4, 0.5) is 4.39 Å². The number of hydrogen-bond donors (Lipinski definition) is 3. The molecule has 7 heteroatoms. The summed E-state index contributed by atoms with van der Waals surface area (Å²) >= 11 is 0. The number of nitrogens with zero attached hydrogens (tertiary/aromatic N) is 2. The number of halogens is 1. The van der Waals surface area contributed by atoms with Gasteiger partial charge < -0.3 is 25.0 Å². The summed E-state index contributed by atoms with van der Waals surface area (Å²) in [4.78, 5) is 6.28. The van der Waals surface area contributed by atoms with Gasteiger partial charge in [-0.05, 0) is 81.1 Å². The molecule has 2 bridgehead atoms. The molecule has 1 saturated carbocycles. The number of alkyl halides is 1. The van der Waals surface area contributed by atoms with Gasteiger partial charge in [0.2, 0.25) is 0 Å². The SMILES string of the molecule is CN(C)C1CC23CCC4(O2)C(=CCC2(C)C(c5ccc6ncccc6c5)=CCC24)C(O)C3(F)C(O)C1O. The maximum absolute atomic E-state index is 17.0. The van der Waals surface area contributed by atoms with Crippen molar-refractivity contribution in [2.45, 2.75) is 80.3 Å². The Bertz CT molecular complexity index is 1360. The molecule has 3 heterocycles. The first-order valence-electron chi connectivity index (χ1n) is 13.4. The number of rotatable bonds is 2. The Labute approximate surface area is 216 Å². The molecule has 2 aliphatic heterocycles. The molecular weight excluding hydrogens is 471 g/mol. The summed E-state index contributed by atoms with van der Waals surface area (Å²) in [5.41, 5.74) is -0.920. The number of hydrogen-bond acceptors (Lipinski definition) is 6. The van der Waals surface area contributed by atoms with Crippen LogP contribution in [0.3, 0.4) is 0 Å².